The van der Waals surface area contributed by atoms with E-state index in [9.17, 15) is 0 Å². The van der Waals surface area contributed by atoms with Gasteiger partial charge in [0.1, 0.15) is 17.2 Å². The first-order chi connectivity index (χ1) is 10.2. The molecular formula is C17H18ClNO2. The Labute approximate surface area is 129 Å². The van der Waals surface area contributed by atoms with Gasteiger partial charge in [0.25, 0.3) is 0 Å². The Kier molecular flexibility index (Phi) is 4.32. The Morgan fingerprint density at radius 1 is 1.10 bits per heavy atom. The smallest absolute Gasteiger partial charge is 0.133 e. The summed E-state index contributed by atoms with van der Waals surface area (Å²) in [4.78, 5) is 0. The van der Waals surface area contributed by atoms with Gasteiger partial charge in [-0.3, -0.25) is 0 Å². The summed E-state index contributed by atoms with van der Waals surface area (Å²) < 4.78 is 11.1. The van der Waals surface area contributed by atoms with Crippen LogP contribution < -0.4 is 14.8 Å². The minimum atomic E-state index is 0.662. The van der Waals surface area contributed by atoms with Gasteiger partial charge in [0.2, 0.25) is 0 Å². The van der Waals surface area contributed by atoms with Crippen molar-refractivity contribution in [2.24, 2.45) is 0 Å². The topological polar surface area (TPSA) is 30.5 Å². The molecule has 4 heteroatoms. The largest absolute Gasteiger partial charge is 0.497 e. The molecule has 0 radical (unpaired) electrons. The molecule has 0 bridgehead atoms. The summed E-state index contributed by atoms with van der Waals surface area (Å²) in [6, 6.07) is 14.0. The number of hydrogen-bond donors (Lipinski definition) is 1. The standard InChI is InChI=1S/C17H18ClNO2/c1-20-15-6-8-16(9-7-15)21-17-10-13(18)3-2-12(17)11-19-14-4-5-14/h2-3,6-10,14,19H,4-5,11H2,1H3. The van der Waals surface area contributed by atoms with Gasteiger partial charge in [-0.25, -0.2) is 0 Å². The van der Waals surface area contributed by atoms with Crippen molar-refractivity contribution in [1.29, 1.82) is 0 Å². The van der Waals surface area contributed by atoms with Crippen molar-refractivity contribution in [1.82, 2.24) is 5.32 Å². The second-order valence-corrected chi connectivity index (χ2v) is 5.62. The summed E-state index contributed by atoms with van der Waals surface area (Å²) in [5.74, 6) is 2.37. The van der Waals surface area contributed by atoms with Gasteiger partial charge in [-0.05, 0) is 49.2 Å². The van der Waals surface area contributed by atoms with E-state index in [1.807, 2.05) is 42.5 Å². The van der Waals surface area contributed by atoms with E-state index in [0.717, 1.165) is 29.4 Å². The van der Waals surface area contributed by atoms with Gasteiger partial charge in [0, 0.05) is 23.2 Å². The lowest BCUT2D eigenvalue weighted by atomic mass is 10.2. The quantitative estimate of drug-likeness (QED) is 0.858. The first kappa shape index (κ1) is 14.2. The van der Waals surface area contributed by atoms with Crippen molar-refractivity contribution < 1.29 is 9.47 Å². The molecule has 1 aliphatic rings. The molecule has 1 aliphatic carbocycles. The Bertz CT molecular complexity index is 609. The van der Waals surface area contributed by atoms with Crippen molar-refractivity contribution in [3.63, 3.8) is 0 Å². The molecule has 0 amide bonds. The third-order valence-corrected chi connectivity index (χ3v) is 3.71. The second kappa shape index (κ2) is 6.37. The highest BCUT2D eigenvalue weighted by Crippen LogP contribution is 2.30. The van der Waals surface area contributed by atoms with Crippen LogP contribution in [0.3, 0.4) is 0 Å². The Morgan fingerprint density at radius 3 is 2.48 bits per heavy atom. The SMILES string of the molecule is COc1ccc(Oc2cc(Cl)ccc2CNC2CC2)cc1. The Balaban J connectivity index is 1.76. The molecule has 110 valence electrons. The molecule has 0 saturated heterocycles. The average molecular weight is 304 g/mol. The third kappa shape index (κ3) is 3.90. The van der Waals surface area contributed by atoms with Crippen LogP contribution in [-0.4, -0.2) is 13.2 Å². The van der Waals surface area contributed by atoms with Crippen LogP contribution in [0.25, 0.3) is 0 Å². The third-order valence-electron chi connectivity index (χ3n) is 3.47. The minimum Gasteiger partial charge on any atom is -0.497 e. The summed E-state index contributed by atoms with van der Waals surface area (Å²) >= 11 is 6.09. The zero-order valence-electron chi connectivity index (χ0n) is 11.9. The maximum Gasteiger partial charge on any atom is 0.133 e. The van der Waals surface area contributed by atoms with Crippen LogP contribution in [0.4, 0.5) is 0 Å². The molecule has 1 fully saturated rings. The number of hydrogen-bond acceptors (Lipinski definition) is 3. The Morgan fingerprint density at radius 2 is 1.81 bits per heavy atom. The first-order valence-corrected chi connectivity index (χ1v) is 7.46. The van der Waals surface area contributed by atoms with Crippen LogP contribution in [0.2, 0.25) is 5.02 Å². The lowest BCUT2D eigenvalue weighted by Crippen LogP contribution is -2.15. The van der Waals surface area contributed by atoms with Crippen LogP contribution in [-0.2, 0) is 6.54 Å². The van der Waals surface area contributed by atoms with E-state index in [0.29, 0.717) is 11.1 Å². The molecule has 21 heavy (non-hydrogen) atoms. The van der Waals surface area contributed by atoms with E-state index in [2.05, 4.69) is 5.32 Å². The number of methoxy groups -OCH3 is 1. The van der Waals surface area contributed by atoms with Crippen molar-refractivity contribution in [2.75, 3.05) is 7.11 Å². The zero-order valence-corrected chi connectivity index (χ0v) is 12.7. The second-order valence-electron chi connectivity index (χ2n) is 5.18. The summed E-state index contributed by atoms with van der Waals surface area (Å²) in [6.45, 7) is 0.799. The van der Waals surface area contributed by atoms with Crippen LogP contribution in [0.15, 0.2) is 42.5 Å². The van der Waals surface area contributed by atoms with E-state index >= 15 is 0 Å². The summed E-state index contributed by atoms with van der Waals surface area (Å²) in [5, 5.41) is 4.17. The molecule has 3 nitrogen and oxygen atoms in total. The highest BCUT2D eigenvalue weighted by Gasteiger charge is 2.20. The summed E-state index contributed by atoms with van der Waals surface area (Å²) in [5.41, 5.74) is 1.11. The predicted octanol–water partition coefficient (Wildman–Crippen LogP) is 4.39. The highest BCUT2D eigenvalue weighted by molar-refractivity contribution is 6.30. The minimum absolute atomic E-state index is 0.662. The maximum atomic E-state index is 6.09. The van der Waals surface area contributed by atoms with E-state index in [1.165, 1.54) is 12.8 Å². The molecule has 1 N–H and O–H groups in total. The number of ether oxygens (including phenoxy) is 2. The number of nitrogens with one attached hydrogen (secondary N) is 1. The predicted molar refractivity (Wildman–Crippen MR) is 84.4 cm³/mol. The van der Waals surface area contributed by atoms with Crippen LogP contribution in [0.1, 0.15) is 18.4 Å². The molecule has 1 saturated carbocycles. The molecule has 3 rings (SSSR count). The van der Waals surface area contributed by atoms with Crippen molar-refractivity contribution in [3.05, 3.63) is 53.1 Å². The summed E-state index contributed by atoms with van der Waals surface area (Å²) in [6.07, 6.45) is 2.53. The molecule has 0 heterocycles. The molecule has 0 aromatic heterocycles. The van der Waals surface area contributed by atoms with E-state index in [-0.39, 0.29) is 0 Å². The number of halogens is 1. The van der Waals surface area contributed by atoms with Crippen LogP contribution in [0, 0.1) is 0 Å². The number of benzene rings is 2. The van der Waals surface area contributed by atoms with Crippen molar-refractivity contribution >= 4 is 11.6 Å². The average Bonchev–Trinajstić information content (AvgIpc) is 3.31. The van der Waals surface area contributed by atoms with E-state index < -0.39 is 0 Å². The molecule has 0 spiro atoms. The number of rotatable bonds is 6. The first-order valence-electron chi connectivity index (χ1n) is 7.08. The lowest BCUT2D eigenvalue weighted by Gasteiger charge is -2.12. The molecule has 0 unspecified atom stereocenters. The molecule has 2 aromatic rings. The fourth-order valence-corrected chi connectivity index (χ4v) is 2.24. The molecular weight excluding hydrogens is 286 g/mol. The molecule has 0 aliphatic heterocycles. The van der Waals surface area contributed by atoms with E-state index in [4.69, 9.17) is 21.1 Å². The van der Waals surface area contributed by atoms with Gasteiger partial charge < -0.3 is 14.8 Å². The van der Waals surface area contributed by atoms with Gasteiger partial charge in [-0.1, -0.05) is 17.7 Å². The van der Waals surface area contributed by atoms with Gasteiger partial charge in [0.15, 0.2) is 0 Å². The van der Waals surface area contributed by atoms with E-state index in [1.54, 1.807) is 7.11 Å². The molecule has 2 aromatic carbocycles. The zero-order chi connectivity index (χ0) is 14.7. The van der Waals surface area contributed by atoms with Gasteiger partial charge in [-0.15, -0.1) is 0 Å². The van der Waals surface area contributed by atoms with Gasteiger partial charge >= 0.3 is 0 Å². The van der Waals surface area contributed by atoms with Gasteiger partial charge in [-0.2, -0.15) is 0 Å². The summed E-state index contributed by atoms with van der Waals surface area (Å²) in [7, 11) is 1.65. The van der Waals surface area contributed by atoms with Crippen LogP contribution >= 0.6 is 11.6 Å². The van der Waals surface area contributed by atoms with Crippen molar-refractivity contribution in [3.8, 4) is 17.2 Å². The normalized spacial score (nSPS) is 14.0. The fourth-order valence-electron chi connectivity index (χ4n) is 2.08. The monoisotopic (exact) mass is 303 g/mol. The maximum absolute atomic E-state index is 6.09. The lowest BCUT2D eigenvalue weighted by molar-refractivity contribution is 0.412. The molecule has 0 atom stereocenters. The van der Waals surface area contributed by atoms with Crippen LogP contribution in [0.5, 0.6) is 17.2 Å². The van der Waals surface area contributed by atoms with Gasteiger partial charge in [0.05, 0.1) is 7.11 Å². The van der Waals surface area contributed by atoms with Crippen molar-refractivity contribution in [2.45, 2.75) is 25.4 Å². The fraction of sp³-hybridized carbons (Fsp3) is 0.294. The Hall–Kier alpha value is -1.71. The highest BCUT2D eigenvalue weighted by atomic mass is 35.5.